The molecule has 0 aromatic heterocycles. The molecule has 2 aromatic carbocycles. The molecular weight excluding hydrogens is 303 g/mol. The van der Waals surface area contributed by atoms with Crippen LogP contribution in [0.2, 0.25) is 5.02 Å². The van der Waals surface area contributed by atoms with Gasteiger partial charge in [-0.05, 0) is 30.8 Å². The summed E-state index contributed by atoms with van der Waals surface area (Å²) in [5.41, 5.74) is 0.603. The van der Waals surface area contributed by atoms with E-state index in [0.717, 1.165) is 6.07 Å². The van der Waals surface area contributed by atoms with Crippen molar-refractivity contribution in [3.8, 4) is 5.75 Å². The summed E-state index contributed by atoms with van der Waals surface area (Å²) in [6.07, 6.45) is 0. The fraction of sp³-hybridized carbons (Fsp3) is 0.200. The normalized spacial score (nSPS) is 12.3. The quantitative estimate of drug-likeness (QED) is 0.859. The molecule has 1 N–H and O–H groups in total. The predicted octanol–water partition coefficient (Wildman–Crippen LogP) is 4.07. The van der Waals surface area contributed by atoms with Crippen LogP contribution in [0.5, 0.6) is 5.75 Å². The second-order valence-electron chi connectivity index (χ2n) is 4.38. The Morgan fingerprint density at radius 2 is 1.81 bits per heavy atom. The van der Waals surface area contributed by atoms with E-state index in [2.05, 4.69) is 5.32 Å². The number of nitrogens with one attached hydrogen (secondary N) is 1. The number of halogens is 4. The van der Waals surface area contributed by atoms with Crippen molar-refractivity contribution in [3.63, 3.8) is 0 Å². The highest BCUT2D eigenvalue weighted by Gasteiger charge is 2.21. The van der Waals surface area contributed by atoms with Gasteiger partial charge in [0, 0.05) is 5.56 Å². The van der Waals surface area contributed by atoms with Crippen molar-refractivity contribution in [1.82, 2.24) is 5.32 Å². The maximum atomic E-state index is 13.9. The molecule has 0 saturated heterocycles. The van der Waals surface area contributed by atoms with E-state index in [0.29, 0.717) is 16.3 Å². The van der Waals surface area contributed by atoms with Crippen LogP contribution < -0.4 is 10.1 Å². The molecule has 0 aliphatic heterocycles. The molecule has 1 unspecified atom stereocenters. The third kappa shape index (κ3) is 2.99. The molecule has 0 aliphatic carbocycles. The van der Waals surface area contributed by atoms with E-state index in [1.165, 1.54) is 13.2 Å². The van der Waals surface area contributed by atoms with Gasteiger partial charge < -0.3 is 10.1 Å². The van der Waals surface area contributed by atoms with Crippen LogP contribution in [0.4, 0.5) is 13.2 Å². The van der Waals surface area contributed by atoms with E-state index < -0.39 is 23.5 Å². The first kappa shape index (κ1) is 15.7. The van der Waals surface area contributed by atoms with Crippen LogP contribution >= 0.6 is 11.6 Å². The Labute approximate surface area is 125 Å². The molecule has 0 bridgehead atoms. The molecule has 21 heavy (non-hydrogen) atoms. The van der Waals surface area contributed by atoms with Crippen LogP contribution in [0.25, 0.3) is 0 Å². The molecule has 0 fully saturated rings. The van der Waals surface area contributed by atoms with Crippen molar-refractivity contribution in [2.45, 2.75) is 6.04 Å². The zero-order valence-electron chi connectivity index (χ0n) is 11.4. The zero-order chi connectivity index (χ0) is 15.6. The largest absolute Gasteiger partial charge is 0.495 e. The van der Waals surface area contributed by atoms with Crippen molar-refractivity contribution >= 4 is 11.6 Å². The van der Waals surface area contributed by atoms with E-state index in [1.807, 2.05) is 0 Å². The summed E-state index contributed by atoms with van der Waals surface area (Å²) < 4.78 is 45.4. The number of hydrogen-bond acceptors (Lipinski definition) is 2. The number of benzene rings is 2. The maximum absolute atomic E-state index is 13.9. The first-order chi connectivity index (χ1) is 9.99. The molecule has 2 nitrogen and oxygen atoms in total. The van der Waals surface area contributed by atoms with E-state index in [9.17, 15) is 13.2 Å². The number of ether oxygens (including phenoxy) is 1. The highest BCUT2D eigenvalue weighted by atomic mass is 35.5. The van der Waals surface area contributed by atoms with Gasteiger partial charge in [0.1, 0.15) is 5.75 Å². The van der Waals surface area contributed by atoms with Crippen molar-refractivity contribution in [3.05, 3.63) is 63.9 Å². The van der Waals surface area contributed by atoms with Crippen molar-refractivity contribution in [2.24, 2.45) is 0 Å². The van der Waals surface area contributed by atoms with Gasteiger partial charge in [-0.3, -0.25) is 0 Å². The highest BCUT2D eigenvalue weighted by molar-refractivity contribution is 6.32. The van der Waals surface area contributed by atoms with Gasteiger partial charge in [0.2, 0.25) is 0 Å². The van der Waals surface area contributed by atoms with Crippen LogP contribution in [0.3, 0.4) is 0 Å². The molecule has 0 aliphatic rings. The summed E-state index contributed by atoms with van der Waals surface area (Å²) in [6.45, 7) is 0. The monoisotopic (exact) mass is 315 g/mol. The topological polar surface area (TPSA) is 21.3 Å². The van der Waals surface area contributed by atoms with Gasteiger partial charge in [0.05, 0.1) is 18.2 Å². The second-order valence-corrected chi connectivity index (χ2v) is 4.79. The summed E-state index contributed by atoms with van der Waals surface area (Å²) in [4.78, 5) is 0. The van der Waals surface area contributed by atoms with Crippen LogP contribution in [-0.4, -0.2) is 14.2 Å². The first-order valence-electron chi connectivity index (χ1n) is 6.13. The first-order valence-corrected chi connectivity index (χ1v) is 6.51. The van der Waals surface area contributed by atoms with Crippen LogP contribution in [-0.2, 0) is 0 Å². The summed E-state index contributed by atoms with van der Waals surface area (Å²) in [5, 5.41) is 3.20. The average molecular weight is 316 g/mol. The molecule has 0 radical (unpaired) electrons. The number of rotatable bonds is 4. The van der Waals surface area contributed by atoms with E-state index >= 15 is 0 Å². The molecule has 112 valence electrons. The Bertz CT molecular complexity index is 664. The predicted molar refractivity (Wildman–Crippen MR) is 75.2 cm³/mol. The van der Waals surface area contributed by atoms with Crippen molar-refractivity contribution in [2.75, 3.05) is 14.2 Å². The minimum Gasteiger partial charge on any atom is -0.495 e. The van der Waals surface area contributed by atoms with Gasteiger partial charge in [0.25, 0.3) is 0 Å². The summed E-state index contributed by atoms with van der Waals surface area (Å²) in [7, 11) is 3.06. The molecule has 0 saturated carbocycles. The SMILES string of the molecule is CNC(c1ccc(OC)c(Cl)c1)c1ccc(F)c(F)c1F. The van der Waals surface area contributed by atoms with Crippen LogP contribution in [0.15, 0.2) is 30.3 Å². The molecule has 2 rings (SSSR count). The fourth-order valence-electron chi connectivity index (χ4n) is 2.13. The van der Waals surface area contributed by atoms with Gasteiger partial charge in [-0.15, -0.1) is 0 Å². The fourth-order valence-corrected chi connectivity index (χ4v) is 2.39. The summed E-state index contributed by atoms with van der Waals surface area (Å²) in [5.74, 6) is -3.46. The number of methoxy groups -OCH3 is 1. The lowest BCUT2D eigenvalue weighted by Crippen LogP contribution is -2.19. The molecule has 0 heterocycles. The molecule has 6 heteroatoms. The lowest BCUT2D eigenvalue weighted by atomic mass is 9.98. The Balaban J connectivity index is 2.50. The van der Waals surface area contributed by atoms with Crippen molar-refractivity contribution < 1.29 is 17.9 Å². The van der Waals surface area contributed by atoms with Crippen LogP contribution in [0.1, 0.15) is 17.2 Å². The summed E-state index contributed by atoms with van der Waals surface area (Å²) in [6, 6.07) is 6.31. The van der Waals surface area contributed by atoms with Crippen LogP contribution in [0, 0.1) is 17.5 Å². The number of hydrogen-bond donors (Lipinski definition) is 1. The highest BCUT2D eigenvalue weighted by Crippen LogP contribution is 2.31. The second kappa shape index (κ2) is 6.37. The van der Waals surface area contributed by atoms with Gasteiger partial charge in [0.15, 0.2) is 17.5 Å². The minimum absolute atomic E-state index is 0.00219. The smallest absolute Gasteiger partial charge is 0.194 e. The van der Waals surface area contributed by atoms with Gasteiger partial charge in [-0.2, -0.15) is 0 Å². The maximum Gasteiger partial charge on any atom is 0.194 e. The van der Waals surface area contributed by atoms with Gasteiger partial charge in [-0.25, -0.2) is 13.2 Å². The molecule has 1 atom stereocenters. The third-order valence-corrected chi connectivity index (χ3v) is 3.47. The lowest BCUT2D eigenvalue weighted by molar-refractivity contribution is 0.414. The lowest BCUT2D eigenvalue weighted by Gasteiger charge is -2.19. The Kier molecular flexibility index (Phi) is 4.75. The Morgan fingerprint density at radius 3 is 2.38 bits per heavy atom. The standard InChI is InChI=1S/C15H13ClF3NO/c1-20-15(8-3-6-12(21-2)10(16)7-8)9-4-5-11(17)14(19)13(9)18/h3-7,15,20H,1-2H3. The molecular formula is C15H13ClF3NO. The zero-order valence-corrected chi connectivity index (χ0v) is 12.1. The Hall–Kier alpha value is -1.72. The summed E-state index contributed by atoms with van der Waals surface area (Å²) >= 11 is 6.03. The molecule has 0 amide bonds. The van der Waals surface area contributed by atoms with Gasteiger partial charge in [-0.1, -0.05) is 23.7 Å². The Morgan fingerprint density at radius 1 is 1.10 bits per heavy atom. The van der Waals surface area contributed by atoms with E-state index in [-0.39, 0.29) is 5.56 Å². The van der Waals surface area contributed by atoms with Gasteiger partial charge >= 0.3 is 0 Å². The third-order valence-electron chi connectivity index (χ3n) is 3.17. The minimum atomic E-state index is -1.49. The van der Waals surface area contributed by atoms with E-state index in [1.54, 1.807) is 25.2 Å². The molecule has 0 spiro atoms. The van der Waals surface area contributed by atoms with Crippen molar-refractivity contribution in [1.29, 1.82) is 0 Å². The van der Waals surface area contributed by atoms with E-state index in [4.69, 9.17) is 16.3 Å². The molecule has 2 aromatic rings. The average Bonchev–Trinajstić information content (AvgIpc) is 2.48.